The Bertz CT molecular complexity index is 711. The van der Waals surface area contributed by atoms with Gasteiger partial charge < -0.3 is 10.1 Å². The number of tetrazole rings is 1. The molecule has 0 spiro atoms. The summed E-state index contributed by atoms with van der Waals surface area (Å²) in [7, 11) is 1.91. The smallest absolute Gasteiger partial charge is 0.345 e. The van der Waals surface area contributed by atoms with Crippen LogP contribution in [0.2, 0.25) is 0 Å². The number of hydrogen-bond acceptors (Lipinski definition) is 5. The summed E-state index contributed by atoms with van der Waals surface area (Å²) in [5.41, 5.74) is 1.98. The van der Waals surface area contributed by atoms with E-state index in [0.29, 0.717) is 11.8 Å². The van der Waals surface area contributed by atoms with Crippen LogP contribution in [0.3, 0.4) is 0 Å². The van der Waals surface area contributed by atoms with E-state index in [1.54, 1.807) is 4.68 Å². The maximum absolute atomic E-state index is 5.79. The van der Waals surface area contributed by atoms with Crippen LogP contribution in [0.25, 0.3) is 5.69 Å². The topological polar surface area (TPSA) is 64.9 Å². The van der Waals surface area contributed by atoms with Crippen LogP contribution in [-0.4, -0.2) is 27.3 Å². The van der Waals surface area contributed by atoms with Crippen molar-refractivity contribution in [2.24, 2.45) is 0 Å². The number of hydrogen-bond donors (Lipinski definition) is 1. The first-order valence-corrected chi connectivity index (χ1v) is 6.62. The molecule has 0 aliphatic carbocycles. The molecule has 0 aliphatic heterocycles. The van der Waals surface area contributed by atoms with E-state index in [1.165, 1.54) is 0 Å². The average Bonchev–Trinajstić information content (AvgIpc) is 2.97. The molecule has 106 valence electrons. The minimum atomic E-state index is 0.336. The molecule has 3 rings (SSSR count). The van der Waals surface area contributed by atoms with Gasteiger partial charge in [0.2, 0.25) is 0 Å². The van der Waals surface area contributed by atoms with Crippen LogP contribution in [0, 0.1) is 0 Å². The van der Waals surface area contributed by atoms with Gasteiger partial charge in [-0.05, 0) is 47.3 Å². The van der Waals surface area contributed by atoms with Crippen LogP contribution in [0.1, 0.15) is 5.56 Å². The van der Waals surface area contributed by atoms with E-state index < -0.39 is 0 Å². The molecule has 0 saturated heterocycles. The minimum Gasteiger partial charge on any atom is -0.423 e. The number of benzene rings is 2. The van der Waals surface area contributed by atoms with Crippen LogP contribution >= 0.6 is 0 Å². The molecule has 1 heterocycles. The lowest BCUT2D eigenvalue weighted by atomic mass is 10.2. The summed E-state index contributed by atoms with van der Waals surface area (Å²) in [6, 6.07) is 17.8. The Labute approximate surface area is 122 Å². The molecule has 0 aliphatic rings. The minimum absolute atomic E-state index is 0.336. The molecule has 3 aromatic rings. The van der Waals surface area contributed by atoms with E-state index in [4.69, 9.17) is 4.74 Å². The van der Waals surface area contributed by atoms with Crippen LogP contribution in [0.5, 0.6) is 11.8 Å². The zero-order chi connectivity index (χ0) is 14.5. The van der Waals surface area contributed by atoms with Crippen LogP contribution in [0.4, 0.5) is 0 Å². The van der Waals surface area contributed by atoms with Gasteiger partial charge in [-0.3, -0.25) is 0 Å². The summed E-state index contributed by atoms with van der Waals surface area (Å²) in [6.07, 6.45) is 0. The van der Waals surface area contributed by atoms with Gasteiger partial charge in [-0.2, -0.15) is 4.68 Å². The molecule has 0 atom stereocenters. The lowest BCUT2D eigenvalue weighted by molar-refractivity contribution is 0.426. The number of ether oxygens (including phenoxy) is 1. The molecule has 0 fully saturated rings. The molecule has 2 aromatic carbocycles. The summed E-state index contributed by atoms with van der Waals surface area (Å²) in [5, 5.41) is 14.7. The van der Waals surface area contributed by atoms with Crippen molar-refractivity contribution in [3.8, 4) is 17.4 Å². The molecule has 6 heteroatoms. The van der Waals surface area contributed by atoms with Crippen molar-refractivity contribution in [3.63, 3.8) is 0 Å². The predicted octanol–water partition coefficient (Wildman–Crippen LogP) is 2.17. The molecular weight excluding hydrogens is 266 g/mol. The third-order valence-corrected chi connectivity index (χ3v) is 2.93. The fourth-order valence-corrected chi connectivity index (χ4v) is 2.00. The number of nitrogens with zero attached hydrogens (tertiary/aromatic N) is 4. The zero-order valence-electron chi connectivity index (χ0n) is 11.6. The van der Waals surface area contributed by atoms with Crippen LogP contribution in [-0.2, 0) is 6.54 Å². The van der Waals surface area contributed by atoms with Gasteiger partial charge in [0.05, 0.1) is 5.69 Å². The quantitative estimate of drug-likeness (QED) is 0.776. The summed E-state index contributed by atoms with van der Waals surface area (Å²) in [6.45, 7) is 0.779. The third-order valence-electron chi connectivity index (χ3n) is 2.93. The van der Waals surface area contributed by atoms with Crippen molar-refractivity contribution in [1.82, 2.24) is 25.5 Å². The average molecular weight is 281 g/mol. The van der Waals surface area contributed by atoms with E-state index in [1.807, 2.05) is 61.6 Å². The van der Waals surface area contributed by atoms with Crippen molar-refractivity contribution < 1.29 is 4.74 Å². The molecule has 0 unspecified atom stereocenters. The first-order valence-electron chi connectivity index (χ1n) is 6.62. The van der Waals surface area contributed by atoms with Crippen molar-refractivity contribution in [2.75, 3.05) is 7.05 Å². The van der Waals surface area contributed by atoms with Gasteiger partial charge in [-0.25, -0.2) is 0 Å². The molecule has 0 bridgehead atoms. The third kappa shape index (κ3) is 3.06. The Hall–Kier alpha value is -2.73. The Kier molecular flexibility index (Phi) is 3.88. The Morgan fingerprint density at radius 1 is 1.10 bits per heavy atom. The van der Waals surface area contributed by atoms with Crippen LogP contribution in [0.15, 0.2) is 54.6 Å². The number of nitrogens with one attached hydrogen (secondary N) is 1. The van der Waals surface area contributed by atoms with E-state index in [2.05, 4.69) is 20.8 Å². The van der Waals surface area contributed by atoms with Crippen LogP contribution < -0.4 is 10.1 Å². The molecule has 0 saturated carbocycles. The van der Waals surface area contributed by atoms with E-state index in [0.717, 1.165) is 17.8 Å². The highest BCUT2D eigenvalue weighted by molar-refractivity contribution is 5.34. The van der Waals surface area contributed by atoms with Gasteiger partial charge in [0.25, 0.3) is 0 Å². The second kappa shape index (κ2) is 6.15. The molecule has 21 heavy (non-hydrogen) atoms. The second-order valence-corrected chi connectivity index (χ2v) is 4.49. The first kappa shape index (κ1) is 13.3. The summed E-state index contributed by atoms with van der Waals surface area (Å²) in [4.78, 5) is 0. The Morgan fingerprint density at radius 3 is 2.76 bits per heavy atom. The maximum Gasteiger partial charge on any atom is 0.345 e. The maximum atomic E-state index is 5.79. The van der Waals surface area contributed by atoms with Gasteiger partial charge >= 0.3 is 6.01 Å². The predicted molar refractivity (Wildman–Crippen MR) is 78.4 cm³/mol. The standard InChI is InChI=1S/C15H15N5O/c1-16-11-12-6-5-9-14(10-12)21-15-17-18-19-20(15)13-7-3-2-4-8-13/h2-10,16H,11H2,1H3. The fraction of sp³-hybridized carbons (Fsp3) is 0.133. The number of aromatic nitrogens is 4. The SMILES string of the molecule is CNCc1cccc(Oc2nnnn2-c2ccccc2)c1. The molecule has 0 amide bonds. The Balaban J connectivity index is 1.86. The highest BCUT2D eigenvalue weighted by atomic mass is 16.5. The molecule has 6 nitrogen and oxygen atoms in total. The van der Waals surface area contributed by atoms with E-state index in [-0.39, 0.29) is 0 Å². The van der Waals surface area contributed by atoms with Gasteiger partial charge in [0.15, 0.2) is 0 Å². The number of rotatable bonds is 5. The van der Waals surface area contributed by atoms with E-state index in [9.17, 15) is 0 Å². The molecule has 1 aromatic heterocycles. The van der Waals surface area contributed by atoms with Crippen molar-refractivity contribution in [2.45, 2.75) is 6.54 Å². The van der Waals surface area contributed by atoms with Gasteiger partial charge in [0.1, 0.15) is 5.75 Å². The highest BCUT2D eigenvalue weighted by Gasteiger charge is 2.10. The van der Waals surface area contributed by atoms with Crippen molar-refractivity contribution in [1.29, 1.82) is 0 Å². The lowest BCUT2D eigenvalue weighted by Crippen LogP contribution is -2.05. The summed E-state index contributed by atoms with van der Waals surface area (Å²) in [5.74, 6) is 0.703. The Morgan fingerprint density at radius 2 is 1.95 bits per heavy atom. The monoisotopic (exact) mass is 281 g/mol. The van der Waals surface area contributed by atoms with E-state index >= 15 is 0 Å². The molecule has 0 radical (unpaired) electrons. The molecular formula is C15H15N5O. The first-order chi connectivity index (χ1) is 10.4. The van der Waals surface area contributed by atoms with Gasteiger partial charge in [-0.15, -0.1) is 0 Å². The van der Waals surface area contributed by atoms with Gasteiger partial charge in [0, 0.05) is 6.54 Å². The van der Waals surface area contributed by atoms with Crippen molar-refractivity contribution >= 4 is 0 Å². The zero-order valence-corrected chi connectivity index (χ0v) is 11.6. The molecule has 1 N–H and O–H groups in total. The second-order valence-electron chi connectivity index (χ2n) is 4.49. The summed E-state index contributed by atoms with van der Waals surface area (Å²) >= 11 is 0. The lowest BCUT2D eigenvalue weighted by Gasteiger charge is -2.07. The van der Waals surface area contributed by atoms with Gasteiger partial charge in [-0.1, -0.05) is 35.4 Å². The highest BCUT2D eigenvalue weighted by Crippen LogP contribution is 2.21. The largest absolute Gasteiger partial charge is 0.423 e. The van der Waals surface area contributed by atoms with Crippen molar-refractivity contribution in [3.05, 3.63) is 60.2 Å². The fourth-order valence-electron chi connectivity index (χ4n) is 2.00. The normalized spacial score (nSPS) is 10.5. The number of para-hydroxylation sites is 1. The summed E-state index contributed by atoms with van der Waals surface area (Å²) < 4.78 is 7.35.